The molecule has 0 amide bonds. The highest BCUT2D eigenvalue weighted by Gasteiger charge is 2.30. The lowest BCUT2D eigenvalue weighted by Gasteiger charge is -2.22. The van der Waals surface area contributed by atoms with Crippen LogP contribution in [0.3, 0.4) is 0 Å². The van der Waals surface area contributed by atoms with Crippen molar-refractivity contribution < 1.29 is 43.5 Å². The largest absolute Gasteiger partial charge is 0.508 e. The quantitative estimate of drug-likeness (QED) is 0.426. The number of nitriles is 1. The molecule has 4 heterocycles. The number of ether oxygens (including phenoxy) is 4. The fourth-order valence-electron chi connectivity index (χ4n) is 3.78. The van der Waals surface area contributed by atoms with Crippen molar-refractivity contribution in [2.75, 3.05) is 25.6 Å². The second-order valence-corrected chi connectivity index (χ2v) is 8.16. The molecule has 37 heavy (non-hydrogen) atoms. The van der Waals surface area contributed by atoms with Crippen LogP contribution in [0.1, 0.15) is 56.7 Å². The van der Waals surface area contributed by atoms with Gasteiger partial charge in [-0.05, 0) is 31.4 Å². The molecular formula is C23H31N5O9. The third-order valence-electron chi connectivity index (χ3n) is 5.55. The van der Waals surface area contributed by atoms with E-state index in [-0.39, 0.29) is 44.2 Å². The van der Waals surface area contributed by atoms with Gasteiger partial charge in [-0.15, -0.1) is 0 Å². The molecule has 2 unspecified atom stereocenters. The fraction of sp³-hybridized carbons (Fsp3) is 0.565. The van der Waals surface area contributed by atoms with Crippen LogP contribution in [0.15, 0.2) is 18.5 Å². The number of aromatic nitrogens is 3. The summed E-state index contributed by atoms with van der Waals surface area (Å²) in [6, 6.07) is 3.82. The molecule has 2 aliphatic heterocycles. The second kappa shape index (κ2) is 15.2. The second-order valence-electron chi connectivity index (χ2n) is 8.16. The smallest absolute Gasteiger partial charge is 0.481 e. The number of hydrogen-bond donors (Lipinski definition) is 3. The molecule has 0 aliphatic carbocycles. The Morgan fingerprint density at radius 1 is 1.11 bits per heavy atom. The number of anilines is 1. The highest BCUT2D eigenvalue weighted by Crippen LogP contribution is 2.34. The summed E-state index contributed by atoms with van der Waals surface area (Å²) in [5.41, 5.74) is 7.53. The molecule has 4 N–H and O–H groups in total. The van der Waals surface area contributed by atoms with Crippen molar-refractivity contribution in [3.05, 3.63) is 24.2 Å². The van der Waals surface area contributed by atoms with Crippen molar-refractivity contribution in [1.82, 2.24) is 14.6 Å². The zero-order valence-electron chi connectivity index (χ0n) is 20.2. The van der Waals surface area contributed by atoms with Crippen LogP contribution in [-0.2, 0) is 28.5 Å². The van der Waals surface area contributed by atoms with Gasteiger partial charge < -0.3 is 34.9 Å². The van der Waals surface area contributed by atoms with E-state index in [2.05, 4.69) is 16.7 Å². The summed E-state index contributed by atoms with van der Waals surface area (Å²) in [6.07, 6.45) is 3.51. The minimum atomic E-state index is -0.948. The maximum atomic E-state index is 11.8. The van der Waals surface area contributed by atoms with Gasteiger partial charge in [-0.25, -0.2) is 19.6 Å². The van der Waals surface area contributed by atoms with Crippen LogP contribution in [0.5, 0.6) is 0 Å². The number of rotatable bonds is 8. The lowest BCUT2D eigenvalue weighted by Crippen LogP contribution is -2.28. The Kier molecular flexibility index (Phi) is 12.0. The number of carboxylic acids is 2. The average molecular weight is 522 g/mol. The Labute approximate surface area is 212 Å². The summed E-state index contributed by atoms with van der Waals surface area (Å²) in [4.78, 5) is 35.4. The monoisotopic (exact) mass is 521 g/mol. The van der Waals surface area contributed by atoms with Gasteiger partial charge in [0.1, 0.15) is 30.7 Å². The summed E-state index contributed by atoms with van der Waals surface area (Å²) in [6.45, 7) is 4.91. The van der Waals surface area contributed by atoms with E-state index in [1.54, 1.807) is 4.52 Å². The first-order chi connectivity index (χ1) is 17.8. The molecule has 2 atom stereocenters. The topological polar surface area (TPSA) is 209 Å². The Balaban J connectivity index is 0.000000374. The lowest BCUT2D eigenvalue weighted by molar-refractivity contribution is -0.138. The molecule has 2 aliphatic rings. The number of nitrogens with two attached hydrogens (primary N) is 1. The van der Waals surface area contributed by atoms with E-state index in [0.717, 1.165) is 24.1 Å². The Morgan fingerprint density at radius 3 is 2.43 bits per heavy atom. The maximum Gasteiger partial charge on any atom is 0.508 e. The number of carbonyl (C=O) groups excluding carboxylic acids is 1. The SMILES string of the molecule is C#N.Nc1ncnn2c(C3CCC(COC(=O)OC4CCOCC4)O3)ccc12.O=C(O)CCCC(=O)O. The van der Waals surface area contributed by atoms with Gasteiger partial charge >= 0.3 is 18.1 Å². The third-order valence-corrected chi connectivity index (χ3v) is 5.55. The predicted octanol–water partition coefficient (Wildman–Crippen LogP) is 2.33. The minimum absolute atomic E-state index is 0.0632. The van der Waals surface area contributed by atoms with Gasteiger partial charge in [0, 0.05) is 32.3 Å². The van der Waals surface area contributed by atoms with Crippen LogP contribution in [0, 0.1) is 11.8 Å². The van der Waals surface area contributed by atoms with Gasteiger partial charge in [0.25, 0.3) is 0 Å². The van der Waals surface area contributed by atoms with Gasteiger partial charge in [0.2, 0.25) is 0 Å². The van der Waals surface area contributed by atoms with Crippen LogP contribution in [0.2, 0.25) is 0 Å². The van der Waals surface area contributed by atoms with Gasteiger partial charge in [-0.1, -0.05) is 0 Å². The summed E-state index contributed by atoms with van der Waals surface area (Å²) in [5.74, 6) is -1.47. The van der Waals surface area contributed by atoms with Gasteiger partial charge in [-0.2, -0.15) is 5.10 Å². The number of fused-ring (bicyclic) bond motifs is 1. The average Bonchev–Trinajstić information content (AvgIpc) is 3.52. The summed E-state index contributed by atoms with van der Waals surface area (Å²) in [7, 11) is 0. The molecule has 2 saturated heterocycles. The molecule has 4 rings (SSSR count). The summed E-state index contributed by atoms with van der Waals surface area (Å²) in [5, 5.41) is 26.8. The number of carbonyl (C=O) groups is 3. The van der Waals surface area contributed by atoms with Gasteiger partial charge in [0.15, 0.2) is 5.82 Å². The van der Waals surface area contributed by atoms with E-state index in [1.807, 2.05) is 12.1 Å². The van der Waals surface area contributed by atoms with Crippen molar-refractivity contribution in [3.8, 4) is 6.57 Å². The Bertz CT molecular complexity index is 1040. The number of nitrogen functional groups attached to an aromatic ring is 1. The van der Waals surface area contributed by atoms with E-state index in [1.165, 1.54) is 6.33 Å². The molecule has 2 aromatic heterocycles. The van der Waals surface area contributed by atoms with E-state index < -0.39 is 18.1 Å². The first-order valence-corrected chi connectivity index (χ1v) is 11.7. The minimum Gasteiger partial charge on any atom is -0.481 e. The highest BCUT2D eigenvalue weighted by atomic mass is 16.7. The van der Waals surface area contributed by atoms with E-state index in [9.17, 15) is 14.4 Å². The maximum absolute atomic E-state index is 11.8. The third kappa shape index (κ3) is 9.54. The van der Waals surface area contributed by atoms with Crippen molar-refractivity contribution in [3.63, 3.8) is 0 Å². The number of nitrogens with zero attached hydrogens (tertiary/aromatic N) is 4. The van der Waals surface area contributed by atoms with Crippen molar-refractivity contribution >= 4 is 29.4 Å². The Morgan fingerprint density at radius 2 is 1.78 bits per heavy atom. The molecule has 0 aromatic carbocycles. The molecule has 202 valence electrons. The van der Waals surface area contributed by atoms with Crippen LogP contribution in [0.4, 0.5) is 10.6 Å². The van der Waals surface area contributed by atoms with E-state index >= 15 is 0 Å². The Hall–Kier alpha value is -3.96. The summed E-state index contributed by atoms with van der Waals surface area (Å²) < 4.78 is 23.5. The van der Waals surface area contributed by atoms with Gasteiger partial charge in [-0.3, -0.25) is 9.59 Å². The van der Waals surface area contributed by atoms with Crippen molar-refractivity contribution in [1.29, 1.82) is 5.26 Å². The van der Waals surface area contributed by atoms with Gasteiger partial charge in [0.05, 0.1) is 25.0 Å². The zero-order valence-corrected chi connectivity index (χ0v) is 20.2. The molecule has 14 nitrogen and oxygen atoms in total. The molecule has 2 aromatic rings. The van der Waals surface area contributed by atoms with Crippen LogP contribution in [-0.4, -0.2) is 74.9 Å². The normalized spacial score (nSPS) is 19.1. The lowest BCUT2D eigenvalue weighted by atomic mass is 10.1. The van der Waals surface area contributed by atoms with Crippen molar-refractivity contribution in [2.24, 2.45) is 0 Å². The first-order valence-electron chi connectivity index (χ1n) is 11.7. The zero-order chi connectivity index (χ0) is 27.2. The number of aliphatic carboxylic acids is 2. The predicted molar refractivity (Wildman–Crippen MR) is 126 cm³/mol. The molecule has 0 spiro atoms. The molecule has 14 heteroatoms. The molecule has 0 bridgehead atoms. The molecule has 2 fully saturated rings. The van der Waals surface area contributed by atoms with Crippen LogP contribution in [0.25, 0.3) is 5.52 Å². The van der Waals surface area contributed by atoms with E-state index in [0.29, 0.717) is 31.9 Å². The standard InChI is InChI=1S/C17H22N4O5.C5H8O4.CHN/c18-16-14-3-2-13(21(14)20-10-19-16)15-4-1-12(25-15)9-24-17(22)26-11-5-7-23-8-6-11;6-4(7)2-1-3-5(8)9;1-2/h2-3,10-12,15H,1,4-9H2,(H2,18,19,20);1-3H2,(H,6,7)(H,8,9);1H. The molecular weight excluding hydrogens is 490 g/mol. The molecule has 0 saturated carbocycles. The number of carboxylic acid groups (broad SMARTS) is 2. The molecule has 0 radical (unpaired) electrons. The fourth-order valence-corrected chi connectivity index (χ4v) is 3.78. The van der Waals surface area contributed by atoms with Crippen molar-refractivity contribution in [2.45, 2.75) is 63.3 Å². The summed E-state index contributed by atoms with van der Waals surface area (Å²) >= 11 is 0. The first kappa shape index (κ1) is 29.3. The van der Waals surface area contributed by atoms with Crippen LogP contribution < -0.4 is 5.73 Å². The number of hydrogen-bond acceptors (Lipinski definition) is 11. The highest BCUT2D eigenvalue weighted by molar-refractivity contribution is 5.70. The van der Waals surface area contributed by atoms with Crippen LogP contribution >= 0.6 is 0 Å². The van der Waals surface area contributed by atoms with E-state index in [4.69, 9.17) is 40.2 Å².